The van der Waals surface area contributed by atoms with Crippen molar-refractivity contribution in [2.75, 3.05) is 11.9 Å². The molecule has 1 aromatic heterocycles. The minimum absolute atomic E-state index is 0.119. The molecule has 3 nitrogen and oxygen atoms in total. The lowest BCUT2D eigenvalue weighted by Gasteiger charge is -2.14. The Morgan fingerprint density at radius 3 is 2.84 bits per heavy atom. The van der Waals surface area contributed by atoms with Crippen LogP contribution in [0.1, 0.15) is 22.7 Å². The molecule has 19 heavy (non-hydrogen) atoms. The summed E-state index contributed by atoms with van der Waals surface area (Å²) in [6.07, 6.45) is 0.480. The second-order valence-electron chi connectivity index (χ2n) is 4.68. The third-order valence-electron chi connectivity index (χ3n) is 3.49. The van der Waals surface area contributed by atoms with E-state index in [2.05, 4.69) is 40.1 Å². The number of benzene rings is 1. The summed E-state index contributed by atoms with van der Waals surface area (Å²) < 4.78 is 1.24. The first kappa shape index (κ1) is 13.1. The maximum Gasteiger partial charge on any atom is 0.231 e. The molecule has 3 rings (SSSR count). The Morgan fingerprint density at radius 2 is 2.16 bits per heavy atom. The van der Waals surface area contributed by atoms with Crippen molar-refractivity contribution in [3.63, 3.8) is 0 Å². The quantitative estimate of drug-likeness (QED) is 0.810. The number of halogens is 1. The van der Waals surface area contributed by atoms with Gasteiger partial charge in [-0.3, -0.25) is 4.79 Å². The average molecular weight is 384 g/mol. The number of likely N-dealkylation sites (N-methyl/N-ethyl adjacent to an activating group) is 1. The maximum atomic E-state index is 11.7. The molecule has 98 valence electrons. The van der Waals surface area contributed by atoms with Crippen LogP contribution in [0.5, 0.6) is 0 Å². The number of rotatable bonds is 2. The van der Waals surface area contributed by atoms with Crippen molar-refractivity contribution in [1.82, 2.24) is 0 Å². The van der Waals surface area contributed by atoms with E-state index in [1.165, 1.54) is 2.88 Å². The lowest BCUT2D eigenvalue weighted by molar-refractivity contribution is -0.117. The van der Waals surface area contributed by atoms with E-state index in [0.717, 1.165) is 22.4 Å². The molecule has 0 bridgehead atoms. The zero-order valence-corrected chi connectivity index (χ0v) is 13.4. The molecule has 0 aliphatic carbocycles. The first-order valence-corrected chi connectivity index (χ1v) is 7.91. The van der Waals surface area contributed by atoms with Gasteiger partial charge in [-0.25, -0.2) is 0 Å². The van der Waals surface area contributed by atoms with Crippen LogP contribution in [0.4, 0.5) is 5.69 Å². The number of hydrogen-bond acceptors (Lipinski definition) is 3. The highest BCUT2D eigenvalue weighted by molar-refractivity contribution is 14.1. The molecule has 0 radical (unpaired) electrons. The topological polar surface area (TPSA) is 46.3 Å². The van der Waals surface area contributed by atoms with Crippen molar-refractivity contribution in [1.29, 1.82) is 0 Å². The summed E-state index contributed by atoms with van der Waals surface area (Å²) in [5, 5.41) is 2.09. The van der Waals surface area contributed by atoms with Crippen LogP contribution in [0.15, 0.2) is 29.6 Å². The molecule has 1 aromatic carbocycles. The van der Waals surface area contributed by atoms with Gasteiger partial charge in [0.25, 0.3) is 0 Å². The van der Waals surface area contributed by atoms with Crippen molar-refractivity contribution >= 4 is 45.5 Å². The van der Waals surface area contributed by atoms with Crippen molar-refractivity contribution in [3.8, 4) is 0 Å². The highest BCUT2D eigenvalue weighted by Gasteiger charge is 2.24. The van der Waals surface area contributed by atoms with Crippen LogP contribution < -0.4 is 10.6 Å². The summed E-state index contributed by atoms with van der Waals surface area (Å²) >= 11 is 4.00. The maximum absolute atomic E-state index is 11.7. The molecule has 0 fully saturated rings. The lowest BCUT2D eigenvalue weighted by Crippen LogP contribution is -2.20. The van der Waals surface area contributed by atoms with Crippen LogP contribution in [-0.2, 0) is 11.2 Å². The number of carbonyl (C=O) groups excluding carboxylic acids is 1. The normalized spacial score (nSPS) is 15.7. The number of anilines is 1. The molecule has 1 unspecified atom stereocenters. The standard InChI is InChI=1S/C14H13IN2OS/c1-17-11-3-2-8(4-9(11)6-13(17)18)14(16)10-5-12(15)19-7-10/h2-5,7,14H,6,16H2,1H3. The van der Waals surface area contributed by atoms with E-state index in [-0.39, 0.29) is 11.9 Å². The molecule has 1 aliphatic heterocycles. The number of hydrogen-bond donors (Lipinski definition) is 1. The number of nitrogens with two attached hydrogens (primary N) is 1. The third kappa shape index (κ3) is 2.30. The number of thiophene rings is 1. The van der Waals surface area contributed by atoms with Crippen molar-refractivity contribution in [2.24, 2.45) is 5.73 Å². The Balaban J connectivity index is 1.95. The van der Waals surface area contributed by atoms with Crippen molar-refractivity contribution < 1.29 is 4.79 Å². The van der Waals surface area contributed by atoms with Gasteiger partial charge in [-0.2, -0.15) is 0 Å². The molecular formula is C14H13IN2OS. The minimum Gasteiger partial charge on any atom is -0.320 e. The Morgan fingerprint density at radius 1 is 1.37 bits per heavy atom. The van der Waals surface area contributed by atoms with Crippen LogP contribution in [0.25, 0.3) is 0 Å². The first-order chi connectivity index (χ1) is 9.06. The summed E-state index contributed by atoms with van der Waals surface area (Å²) in [6.45, 7) is 0. The summed E-state index contributed by atoms with van der Waals surface area (Å²) in [6, 6.07) is 8.06. The minimum atomic E-state index is -0.119. The van der Waals surface area contributed by atoms with E-state index in [0.29, 0.717) is 6.42 Å². The van der Waals surface area contributed by atoms with Crippen molar-refractivity contribution in [3.05, 3.63) is 49.2 Å². The SMILES string of the molecule is CN1C(=O)Cc2cc(C(N)c3csc(I)c3)ccc21. The predicted molar refractivity (Wildman–Crippen MR) is 86.6 cm³/mol. The van der Waals surface area contributed by atoms with Gasteiger partial charge < -0.3 is 10.6 Å². The third-order valence-corrected chi connectivity index (χ3v) is 5.29. The lowest BCUT2D eigenvalue weighted by atomic mass is 9.99. The van der Waals surface area contributed by atoms with Gasteiger partial charge >= 0.3 is 0 Å². The van der Waals surface area contributed by atoms with E-state index in [9.17, 15) is 4.79 Å². The number of nitrogens with zero attached hydrogens (tertiary/aromatic N) is 1. The number of carbonyl (C=O) groups is 1. The van der Waals surface area contributed by atoms with Crippen LogP contribution in [0.2, 0.25) is 0 Å². The van der Waals surface area contributed by atoms with Crippen molar-refractivity contribution in [2.45, 2.75) is 12.5 Å². The molecule has 5 heteroatoms. The molecule has 0 saturated carbocycles. The zero-order valence-electron chi connectivity index (χ0n) is 10.4. The monoisotopic (exact) mass is 384 g/mol. The predicted octanol–water partition coefficient (Wildman–Crippen LogP) is 2.92. The Hall–Kier alpha value is -0.920. The van der Waals surface area contributed by atoms with E-state index in [4.69, 9.17) is 5.73 Å². The fourth-order valence-corrected chi connectivity index (χ4v) is 3.77. The Kier molecular flexibility index (Phi) is 3.36. The molecule has 0 spiro atoms. The number of fused-ring (bicyclic) bond motifs is 1. The van der Waals surface area contributed by atoms with Gasteiger partial charge in [0.2, 0.25) is 5.91 Å². The fraction of sp³-hybridized carbons (Fsp3) is 0.214. The van der Waals surface area contributed by atoms with Gasteiger partial charge in [-0.15, -0.1) is 11.3 Å². The van der Waals surface area contributed by atoms with E-state index in [1.807, 2.05) is 19.2 Å². The summed E-state index contributed by atoms with van der Waals surface area (Å²) in [5.74, 6) is 0.144. The molecule has 1 aliphatic rings. The van der Waals surface area contributed by atoms with Crippen LogP contribution in [0.3, 0.4) is 0 Å². The van der Waals surface area contributed by atoms with Crippen LogP contribution >= 0.6 is 33.9 Å². The van der Waals surface area contributed by atoms with Gasteiger partial charge in [-0.1, -0.05) is 12.1 Å². The average Bonchev–Trinajstić information content (AvgIpc) is 2.94. The van der Waals surface area contributed by atoms with Gasteiger partial charge in [0.05, 0.1) is 15.3 Å². The Bertz CT molecular complexity index is 653. The molecule has 2 aromatic rings. The smallest absolute Gasteiger partial charge is 0.231 e. The molecule has 1 atom stereocenters. The van der Waals surface area contributed by atoms with E-state index in [1.54, 1.807) is 16.2 Å². The second kappa shape index (κ2) is 4.88. The zero-order chi connectivity index (χ0) is 13.6. The summed E-state index contributed by atoms with van der Waals surface area (Å²) in [4.78, 5) is 13.4. The fourth-order valence-electron chi connectivity index (χ4n) is 2.36. The summed E-state index contributed by atoms with van der Waals surface area (Å²) in [5.41, 5.74) is 10.6. The Labute approximate surface area is 129 Å². The summed E-state index contributed by atoms with van der Waals surface area (Å²) in [7, 11) is 1.81. The molecule has 0 saturated heterocycles. The largest absolute Gasteiger partial charge is 0.320 e. The van der Waals surface area contributed by atoms with Gasteiger partial charge in [0, 0.05) is 12.7 Å². The van der Waals surface area contributed by atoms with Crippen LogP contribution in [0, 0.1) is 2.88 Å². The van der Waals surface area contributed by atoms with Gasteiger partial charge in [0.1, 0.15) is 0 Å². The number of amides is 1. The second-order valence-corrected chi connectivity index (χ2v) is 7.48. The molecule has 2 heterocycles. The first-order valence-electron chi connectivity index (χ1n) is 5.95. The molecule has 2 N–H and O–H groups in total. The van der Waals surface area contributed by atoms with E-state index >= 15 is 0 Å². The van der Waals surface area contributed by atoms with E-state index < -0.39 is 0 Å². The highest BCUT2D eigenvalue weighted by atomic mass is 127. The molecular weight excluding hydrogens is 371 g/mol. The van der Waals surface area contributed by atoms with Gasteiger partial charge in [0.15, 0.2) is 0 Å². The highest BCUT2D eigenvalue weighted by Crippen LogP contribution is 2.32. The van der Waals surface area contributed by atoms with Gasteiger partial charge in [-0.05, 0) is 56.8 Å². The van der Waals surface area contributed by atoms with Crippen LogP contribution in [-0.4, -0.2) is 13.0 Å². The molecule has 1 amide bonds.